The minimum Gasteiger partial charge on any atom is -0.337 e. The van der Waals surface area contributed by atoms with Gasteiger partial charge in [-0.15, -0.1) is 0 Å². The van der Waals surface area contributed by atoms with E-state index in [1.807, 2.05) is 24.3 Å². The second kappa shape index (κ2) is 4.16. The van der Waals surface area contributed by atoms with Crippen molar-refractivity contribution in [1.29, 1.82) is 0 Å². The lowest BCUT2D eigenvalue weighted by atomic mass is 9.92. The molecule has 0 unspecified atom stereocenters. The van der Waals surface area contributed by atoms with Gasteiger partial charge in [-0.1, -0.05) is 23.2 Å². The molecule has 0 atom stereocenters. The van der Waals surface area contributed by atoms with Gasteiger partial charge < -0.3 is 4.57 Å². The molecule has 3 aromatic rings. The molecular formula is C16H13Cl2N. The Kier molecular flexibility index (Phi) is 2.54. The Hall–Kier alpha value is -1.18. The van der Waals surface area contributed by atoms with Gasteiger partial charge in [0, 0.05) is 37.9 Å². The van der Waals surface area contributed by atoms with Crippen LogP contribution >= 0.6 is 23.2 Å². The first-order valence-electron chi connectivity index (χ1n) is 6.63. The second-order valence-electron chi connectivity index (χ2n) is 5.28. The highest BCUT2D eigenvalue weighted by Gasteiger charge is 2.23. The van der Waals surface area contributed by atoms with E-state index in [4.69, 9.17) is 23.2 Å². The fourth-order valence-corrected chi connectivity index (χ4v) is 3.38. The van der Waals surface area contributed by atoms with Crippen molar-refractivity contribution < 1.29 is 0 Å². The number of benzene rings is 2. The lowest BCUT2D eigenvalue weighted by Gasteiger charge is -2.29. The molecular weight excluding hydrogens is 277 g/mol. The van der Waals surface area contributed by atoms with Gasteiger partial charge in [0.1, 0.15) is 0 Å². The van der Waals surface area contributed by atoms with Gasteiger partial charge in [0.25, 0.3) is 0 Å². The van der Waals surface area contributed by atoms with Crippen molar-refractivity contribution in [2.45, 2.75) is 25.3 Å². The Morgan fingerprint density at radius 2 is 1.37 bits per heavy atom. The molecule has 0 spiro atoms. The normalized spacial score (nSPS) is 16.1. The molecule has 2 aromatic carbocycles. The van der Waals surface area contributed by atoms with Gasteiger partial charge in [-0.3, -0.25) is 0 Å². The van der Waals surface area contributed by atoms with Crippen molar-refractivity contribution in [2.75, 3.05) is 0 Å². The lowest BCUT2D eigenvalue weighted by Crippen LogP contribution is -2.16. The molecule has 96 valence electrons. The maximum Gasteiger partial charge on any atom is 0.0495 e. The van der Waals surface area contributed by atoms with Crippen LogP contribution in [-0.2, 0) is 0 Å². The minimum atomic E-state index is 0.627. The van der Waals surface area contributed by atoms with Gasteiger partial charge in [0.05, 0.1) is 0 Å². The van der Waals surface area contributed by atoms with E-state index < -0.39 is 0 Å². The summed E-state index contributed by atoms with van der Waals surface area (Å²) in [6, 6.07) is 12.9. The Bertz CT molecular complexity index is 725. The van der Waals surface area contributed by atoms with Crippen LogP contribution in [0.4, 0.5) is 0 Å². The highest BCUT2D eigenvalue weighted by molar-refractivity contribution is 6.33. The minimum absolute atomic E-state index is 0.627. The number of aromatic nitrogens is 1. The quantitative estimate of drug-likeness (QED) is 0.531. The molecule has 1 aromatic heterocycles. The predicted octanol–water partition coefficient (Wildman–Crippen LogP) is 5.83. The summed E-state index contributed by atoms with van der Waals surface area (Å²) < 4.78 is 2.46. The van der Waals surface area contributed by atoms with E-state index in [1.165, 1.54) is 41.1 Å². The van der Waals surface area contributed by atoms with Gasteiger partial charge in [-0.2, -0.15) is 0 Å². The SMILES string of the molecule is Clc1ccc2c(c1)c1cc(Cl)ccc1n2C1CCC1. The van der Waals surface area contributed by atoms with E-state index in [0.717, 1.165) is 10.0 Å². The van der Waals surface area contributed by atoms with E-state index in [1.54, 1.807) is 0 Å². The summed E-state index contributed by atoms with van der Waals surface area (Å²) in [5.41, 5.74) is 2.54. The van der Waals surface area contributed by atoms with Crippen molar-refractivity contribution in [1.82, 2.24) is 4.57 Å². The third kappa shape index (κ3) is 1.69. The van der Waals surface area contributed by atoms with Crippen LogP contribution in [0.2, 0.25) is 10.0 Å². The highest BCUT2D eigenvalue weighted by atomic mass is 35.5. The molecule has 1 nitrogen and oxygen atoms in total. The molecule has 4 rings (SSSR count). The number of hydrogen-bond donors (Lipinski definition) is 0. The molecule has 0 saturated heterocycles. The van der Waals surface area contributed by atoms with Crippen LogP contribution in [0.1, 0.15) is 25.3 Å². The second-order valence-corrected chi connectivity index (χ2v) is 6.15. The summed E-state index contributed by atoms with van der Waals surface area (Å²) in [5.74, 6) is 0. The first kappa shape index (κ1) is 11.6. The highest BCUT2D eigenvalue weighted by Crippen LogP contribution is 2.41. The summed E-state index contributed by atoms with van der Waals surface area (Å²) in [4.78, 5) is 0. The molecule has 1 saturated carbocycles. The maximum absolute atomic E-state index is 6.15. The maximum atomic E-state index is 6.15. The van der Waals surface area contributed by atoms with Crippen LogP contribution in [-0.4, -0.2) is 4.57 Å². The number of rotatable bonds is 1. The topological polar surface area (TPSA) is 4.93 Å². The van der Waals surface area contributed by atoms with Crippen LogP contribution in [0.5, 0.6) is 0 Å². The van der Waals surface area contributed by atoms with Crippen LogP contribution in [0.15, 0.2) is 36.4 Å². The molecule has 0 N–H and O–H groups in total. The van der Waals surface area contributed by atoms with Crippen molar-refractivity contribution >= 4 is 45.0 Å². The van der Waals surface area contributed by atoms with Crippen LogP contribution < -0.4 is 0 Å². The number of fused-ring (bicyclic) bond motifs is 3. The molecule has 0 amide bonds. The van der Waals surface area contributed by atoms with Gasteiger partial charge in [-0.25, -0.2) is 0 Å². The monoisotopic (exact) mass is 289 g/mol. The zero-order valence-corrected chi connectivity index (χ0v) is 11.9. The average molecular weight is 290 g/mol. The molecule has 1 fully saturated rings. The van der Waals surface area contributed by atoms with Gasteiger partial charge in [-0.05, 0) is 55.7 Å². The zero-order valence-electron chi connectivity index (χ0n) is 10.4. The van der Waals surface area contributed by atoms with Crippen molar-refractivity contribution in [2.24, 2.45) is 0 Å². The molecule has 0 bridgehead atoms. The van der Waals surface area contributed by atoms with E-state index >= 15 is 0 Å². The van der Waals surface area contributed by atoms with Crippen molar-refractivity contribution in [3.05, 3.63) is 46.4 Å². The number of hydrogen-bond acceptors (Lipinski definition) is 0. The fourth-order valence-electron chi connectivity index (χ4n) is 3.04. The first-order valence-corrected chi connectivity index (χ1v) is 7.38. The van der Waals surface area contributed by atoms with E-state index in [9.17, 15) is 0 Å². The van der Waals surface area contributed by atoms with Crippen molar-refractivity contribution in [3.8, 4) is 0 Å². The standard InChI is InChI=1S/C16H13Cl2N/c17-10-4-6-15-13(8-10)14-9-11(18)5-7-16(14)19(15)12-2-1-3-12/h4-9,12H,1-3H2. The van der Waals surface area contributed by atoms with Crippen LogP contribution in [0.3, 0.4) is 0 Å². The van der Waals surface area contributed by atoms with Crippen molar-refractivity contribution in [3.63, 3.8) is 0 Å². The van der Waals surface area contributed by atoms with Crippen LogP contribution in [0.25, 0.3) is 21.8 Å². The summed E-state index contributed by atoms with van der Waals surface area (Å²) in [5, 5.41) is 3.97. The van der Waals surface area contributed by atoms with Gasteiger partial charge in [0.15, 0.2) is 0 Å². The Balaban J connectivity index is 2.16. The molecule has 1 aliphatic rings. The van der Waals surface area contributed by atoms with E-state index in [-0.39, 0.29) is 0 Å². The smallest absolute Gasteiger partial charge is 0.0495 e. The predicted molar refractivity (Wildman–Crippen MR) is 82.4 cm³/mol. The molecule has 19 heavy (non-hydrogen) atoms. The van der Waals surface area contributed by atoms with E-state index in [2.05, 4.69) is 16.7 Å². The summed E-state index contributed by atoms with van der Waals surface area (Å²) >= 11 is 12.3. The Morgan fingerprint density at radius 3 is 1.79 bits per heavy atom. The lowest BCUT2D eigenvalue weighted by molar-refractivity contribution is 0.328. The first-order chi connectivity index (χ1) is 9.24. The summed E-state index contributed by atoms with van der Waals surface area (Å²) in [6.07, 6.45) is 3.86. The third-order valence-electron chi connectivity index (χ3n) is 4.17. The largest absolute Gasteiger partial charge is 0.337 e. The number of nitrogens with zero attached hydrogens (tertiary/aromatic N) is 1. The molecule has 1 aliphatic carbocycles. The van der Waals surface area contributed by atoms with E-state index in [0.29, 0.717) is 6.04 Å². The molecule has 0 radical (unpaired) electrons. The van der Waals surface area contributed by atoms with Gasteiger partial charge in [0.2, 0.25) is 0 Å². The third-order valence-corrected chi connectivity index (χ3v) is 4.64. The Morgan fingerprint density at radius 1 is 0.842 bits per heavy atom. The molecule has 0 aliphatic heterocycles. The molecule has 3 heteroatoms. The average Bonchev–Trinajstić information content (AvgIpc) is 2.62. The fraction of sp³-hybridized carbons (Fsp3) is 0.250. The van der Waals surface area contributed by atoms with Gasteiger partial charge >= 0.3 is 0 Å². The number of halogens is 2. The zero-order chi connectivity index (χ0) is 13.0. The summed E-state index contributed by atoms with van der Waals surface area (Å²) in [7, 11) is 0. The molecule has 1 heterocycles. The summed E-state index contributed by atoms with van der Waals surface area (Å²) in [6.45, 7) is 0. The Labute approximate surface area is 121 Å². The van der Waals surface area contributed by atoms with Crippen LogP contribution in [0, 0.1) is 0 Å².